The molecule has 1 aromatic carbocycles. The monoisotopic (exact) mass is 188 g/mol. The molecule has 1 aliphatic rings. The van der Waals surface area contributed by atoms with Crippen LogP contribution in [0.3, 0.4) is 0 Å². The molecule has 0 unspecified atom stereocenters. The van der Waals surface area contributed by atoms with E-state index in [1.54, 1.807) is 0 Å². The predicted molar refractivity (Wildman–Crippen MR) is 53.6 cm³/mol. The lowest BCUT2D eigenvalue weighted by Crippen LogP contribution is -2.15. The largest absolute Gasteiger partial charge is 0.451 e. The zero-order valence-corrected chi connectivity index (χ0v) is 7.90. The van der Waals surface area contributed by atoms with Crippen LogP contribution in [0.15, 0.2) is 43.0 Å². The lowest BCUT2D eigenvalue weighted by molar-refractivity contribution is -0.145. The van der Waals surface area contributed by atoms with Crippen LogP contribution in [-0.4, -0.2) is 5.97 Å². The van der Waals surface area contributed by atoms with E-state index in [2.05, 4.69) is 6.58 Å². The Bertz CT molecular complexity index is 350. The minimum Gasteiger partial charge on any atom is -0.451 e. The maximum atomic E-state index is 11.1. The van der Waals surface area contributed by atoms with Gasteiger partial charge in [0, 0.05) is 6.08 Å². The van der Waals surface area contributed by atoms with Gasteiger partial charge >= 0.3 is 5.97 Å². The summed E-state index contributed by atoms with van der Waals surface area (Å²) in [5, 5.41) is 0. The molecule has 0 bridgehead atoms. The standard InChI is InChI=1S/C12H12O2/c1-2-11(13)14-12(8-9-12)10-6-4-3-5-7-10/h2-7H,1,8-9H2. The number of ether oxygens (including phenoxy) is 1. The van der Waals surface area contributed by atoms with Crippen LogP contribution in [0.5, 0.6) is 0 Å². The van der Waals surface area contributed by atoms with E-state index in [4.69, 9.17) is 4.74 Å². The van der Waals surface area contributed by atoms with Gasteiger partial charge in [0.15, 0.2) is 0 Å². The molecule has 0 amide bonds. The molecule has 2 heteroatoms. The molecule has 0 spiro atoms. The molecule has 72 valence electrons. The quantitative estimate of drug-likeness (QED) is 0.538. The first-order valence-corrected chi connectivity index (χ1v) is 4.68. The molecule has 1 aromatic rings. The fourth-order valence-electron chi connectivity index (χ4n) is 1.54. The van der Waals surface area contributed by atoms with E-state index in [9.17, 15) is 4.79 Å². The Morgan fingerprint density at radius 2 is 2.00 bits per heavy atom. The summed E-state index contributed by atoms with van der Waals surface area (Å²) >= 11 is 0. The van der Waals surface area contributed by atoms with E-state index >= 15 is 0 Å². The van der Waals surface area contributed by atoms with Crippen LogP contribution in [0.1, 0.15) is 18.4 Å². The summed E-state index contributed by atoms with van der Waals surface area (Å²) in [6.45, 7) is 3.39. The predicted octanol–water partition coefficient (Wildman–Crippen LogP) is 2.40. The van der Waals surface area contributed by atoms with Gasteiger partial charge in [-0.2, -0.15) is 0 Å². The Labute approximate surface area is 83.2 Å². The molecule has 0 N–H and O–H groups in total. The first kappa shape index (κ1) is 9.00. The minimum absolute atomic E-state index is 0.341. The van der Waals surface area contributed by atoms with Crippen molar-refractivity contribution in [3.63, 3.8) is 0 Å². The lowest BCUT2D eigenvalue weighted by atomic mass is 10.1. The number of hydrogen-bond donors (Lipinski definition) is 0. The highest BCUT2D eigenvalue weighted by Gasteiger charge is 2.48. The molecule has 0 radical (unpaired) electrons. The molecule has 0 aromatic heterocycles. The van der Waals surface area contributed by atoms with E-state index < -0.39 is 0 Å². The van der Waals surface area contributed by atoms with E-state index in [1.807, 2.05) is 30.3 Å². The summed E-state index contributed by atoms with van der Waals surface area (Å²) in [5.74, 6) is -0.341. The number of benzene rings is 1. The molecular weight excluding hydrogens is 176 g/mol. The van der Waals surface area contributed by atoms with Crippen molar-refractivity contribution in [3.05, 3.63) is 48.6 Å². The number of carbonyl (C=O) groups is 1. The molecule has 2 rings (SSSR count). The van der Waals surface area contributed by atoms with Gasteiger partial charge in [-0.3, -0.25) is 0 Å². The van der Waals surface area contributed by atoms with Crippen molar-refractivity contribution in [1.29, 1.82) is 0 Å². The Kier molecular flexibility index (Phi) is 2.12. The van der Waals surface area contributed by atoms with Crippen LogP contribution in [0.4, 0.5) is 0 Å². The third-order valence-corrected chi connectivity index (χ3v) is 2.47. The number of esters is 1. The second kappa shape index (κ2) is 3.29. The number of rotatable bonds is 3. The molecule has 0 atom stereocenters. The Morgan fingerprint density at radius 1 is 1.36 bits per heavy atom. The number of carbonyl (C=O) groups excluding carboxylic acids is 1. The fraction of sp³-hybridized carbons (Fsp3) is 0.250. The third kappa shape index (κ3) is 1.55. The average Bonchev–Trinajstić information content (AvgIpc) is 3.00. The number of hydrogen-bond acceptors (Lipinski definition) is 2. The van der Waals surface area contributed by atoms with Gasteiger partial charge in [-0.05, 0) is 18.4 Å². The molecular formula is C12H12O2. The summed E-state index contributed by atoms with van der Waals surface area (Å²) in [6, 6.07) is 9.84. The van der Waals surface area contributed by atoms with E-state index in [0.29, 0.717) is 0 Å². The van der Waals surface area contributed by atoms with Gasteiger partial charge in [0.25, 0.3) is 0 Å². The Morgan fingerprint density at radius 3 is 2.50 bits per heavy atom. The van der Waals surface area contributed by atoms with Gasteiger partial charge in [-0.25, -0.2) is 4.79 Å². The average molecular weight is 188 g/mol. The molecule has 0 aliphatic heterocycles. The van der Waals surface area contributed by atoms with Crippen molar-refractivity contribution in [3.8, 4) is 0 Å². The van der Waals surface area contributed by atoms with Gasteiger partial charge in [0.2, 0.25) is 0 Å². The van der Waals surface area contributed by atoms with E-state index in [-0.39, 0.29) is 11.6 Å². The molecule has 14 heavy (non-hydrogen) atoms. The SMILES string of the molecule is C=CC(=O)OC1(c2ccccc2)CC1. The van der Waals surface area contributed by atoms with Crippen LogP contribution in [0, 0.1) is 0 Å². The van der Waals surface area contributed by atoms with E-state index in [0.717, 1.165) is 18.4 Å². The van der Waals surface area contributed by atoms with Gasteiger partial charge in [-0.1, -0.05) is 36.9 Å². The first-order valence-electron chi connectivity index (χ1n) is 4.68. The van der Waals surface area contributed by atoms with Gasteiger partial charge in [-0.15, -0.1) is 0 Å². The van der Waals surface area contributed by atoms with Crippen LogP contribution in [-0.2, 0) is 15.1 Å². The van der Waals surface area contributed by atoms with Crippen LogP contribution in [0.2, 0.25) is 0 Å². The fourth-order valence-corrected chi connectivity index (χ4v) is 1.54. The van der Waals surface area contributed by atoms with E-state index in [1.165, 1.54) is 6.08 Å². The minimum atomic E-state index is -0.355. The van der Waals surface area contributed by atoms with Crippen molar-refractivity contribution in [2.24, 2.45) is 0 Å². The third-order valence-electron chi connectivity index (χ3n) is 2.47. The van der Waals surface area contributed by atoms with Crippen LogP contribution >= 0.6 is 0 Å². The summed E-state index contributed by atoms with van der Waals surface area (Å²) in [5.41, 5.74) is 0.724. The Balaban J connectivity index is 2.18. The summed E-state index contributed by atoms with van der Waals surface area (Å²) in [4.78, 5) is 11.1. The topological polar surface area (TPSA) is 26.3 Å². The molecule has 1 saturated carbocycles. The lowest BCUT2D eigenvalue weighted by Gasteiger charge is -2.15. The molecule has 1 aliphatic carbocycles. The van der Waals surface area contributed by atoms with Crippen LogP contribution in [0.25, 0.3) is 0 Å². The zero-order valence-electron chi connectivity index (χ0n) is 7.90. The normalized spacial score (nSPS) is 17.1. The molecule has 1 fully saturated rings. The highest BCUT2D eigenvalue weighted by Crippen LogP contribution is 2.49. The van der Waals surface area contributed by atoms with Crippen molar-refractivity contribution in [1.82, 2.24) is 0 Å². The van der Waals surface area contributed by atoms with Crippen LogP contribution < -0.4 is 0 Å². The van der Waals surface area contributed by atoms with Crippen molar-refractivity contribution >= 4 is 5.97 Å². The summed E-state index contributed by atoms with van der Waals surface area (Å²) in [6.07, 6.45) is 3.04. The highest BCUT2D eigenvalue weighted by molar-refractivity contribution is 5.82. The maximum Gasteiger partial charge on any atom is 0.331 e. The second-order valence-corrected chi connectivity index (χ2v) is 3.49. The Hall–Kier alpha value is -1.57. The second-order valence-electron chi connectivity index (χ2n) is 3.49. The maximum absolute atomic E-state index is 11.1. The van der Waals surface area contributed by atoms with Gasteiger partial charge in [0.05, 0.1) is 0 Å². The van der Waals surface area contributed by atoms with Crippen molar-refractivity contribution < 1.29 is 9.53 Å². The zero-order chi connectivity index (χ0) is 10.0. The van der Waals surface area contributed by atoms with Crippen molar-refractivity contribution in [2.75, 3.05) is 0 Å². The summed E-state index contributed by atoms with van der Waals surface area (Å²) < 4.78 is 5.33. The first-order chi connectivity index (χ1) is 6.77. The van der Waals surface area contributed by atoms with Crippen molar-refractivity contribution in [2.45, 2.75) is 18.4 Å². The molecule has 0 saturated heterocycles. The highest BCUT2D eigenvalue weighted by atomic mass is 16.6. The summed E-state index contributed by atoms with van der Waals surface area (Å²) in [7, 11) is 0. The molecule has 2 nitrogen and oxygen atoms in total. The van der Waals surface area contributed by atoms with Gasteiger partial charge in [0.1, 0.15) is 5.60 Å². The smallest absolute Gasteiger partial charge is 0.331 e. The molecule has 0 heterocycles. The van der Waals surface area contributed by atoms with Gasteiger partial charge < -0.3 is 4.74 Å².